The first-order chi connectivity index (χ1) is 13.2. The van der Waals surface area contributed by atoms with E-state index in [1.54, 1.807) is 17.2 Å². The van der Waals surface area contributed by atoms with Crippen LogP contribution in [0.1, 0.15) is 30.0 Å². The van der Waals surface area contributed by atoms with Crippen LogP contribution in [0.2, 0.25) is 5.02 Å². The minimum Gasteiger partial charge on any atom is -0.404 e. The Morgan fingerprint density at radius 2 is 2.07 bits per heavy atom. The van der Waals surface area contributed by atoms with Gasteiger partial charge in [0.1, 0.15) is 5.75 Å². The second-order valence-electron chi connectivity index (χ2n) is 6.76. The van der Waals surface area contributed by atoms with Gasteiger partial charge in [0.25, 0.3) is 0 Å². The van der Waals surface area contributed by atoms with E-state index in [4.69, 9.17) is 11.6 Å². The van der Waals surface area contributed by atoms with Gasteiger partial charge in [0.15, 0.2) is 0 Å². The number of alkyl halides is 3. The molecule has 148 valence electrons. The van der Waals surface area contributed by atoms with Crippen LogP contribution in [0.25, 0.3) is 0 Å². The number of urea groups is 1. The molecule has 2 unspecified atom stereocenters. The fourth-order valence-electron chi connectivity index (χ4n) is 3.94. The molecule has 2 bridgehead atoms. The number of nitrogens with one attached hydrogen (secondary N) is 2. The number of amides is 2. The predicted molar refractivity (Wildman–Crippen MR) is 95.5 cm³/mol. The predicted octanol–water partition coefficient (Wildman–Crippen LogP) is 4.22. The molecule has 6 nitrogen and oxygen atoms in total. The third kappa shape index (κ3) is 3.54. The number of carbonyl (C=O) groups is 1. The number of carbonyl (C=O) groups excluding carboxylic acids is 1. The van der Waals surface area contributed by atoms with Crippen molar-refractivity contribution in [2.45, 2.75) is 37.7 Å². The van der Waals surface area contributed by atoms with Crippen molar-refractivity contribution in [3.8, 4) is 5.75 Å². The first-order valence-electron chi connectivity index (χ1n) is 8.57. The van der Waals surface area contributed by atoms with Gasteiger partial charge in [0.2, 0.25) is 5.56 Å². The molecule has 2 N–H and O–H groups in total. The van der Waals surface area contributed by atoms with Gasteiger partial charge in [0, 0.05) is 24.0 Å². The molecule has 2 aliphatic rings. The largest absolute Gasteiger partial charge is 0.573 e. The zero-order valence-corrected chi connectivity index (χ0v) is 15.1. The summed E-state index contributed by atoms with van der Waals surface area (Å²) < 4.78 is 40.8. The molecule has 0 aliphatic carbocycles. The van der Waals surface area contributed by atoms with Gasteiger partial charge in [-0.2, -0.15) is 0 Å². The van der Waals surface area contributed by atoms with Gasteiger partial charge in [-0.3, -0.25) is 4.79 Å². The van der Waals surface area contributed by atoms with E-state index in [2.05, 4.69) is 15.0 Å². The zero-order chi connectivity index (χ0) is 20.1. The molecule has 28 heavy (non-hydrogen) atoms. The van der Waals surface area contributed by atoms with Gasteiger partial charge in [0.05, 0.1) is 11.1 Å². The quantitative estimate of drug-likeness (QED) is 0.774. The lowest BCUT2D eigenvalue weighted by molar-refractivity contribution is -0.274. The average molecular weight is 414 g/mol. The molecule has 4 rings (SSSR count). The number of aromatic amines is 1. The number of ether oxygens (including phenoxy) is 1. The number of H-pyrrole nitrogens is 1. The SMILES string of the molecule is O=C(Nc1ccc(OC(F)(F)F)c(Cl)c1)N1C2CCC1c1c[nH]c(=O)cc1C2. The first kappa shape index (κ1) is 18.7. The highest BCUT2D eigenvalue weighted by molar-refractivity contribution is 6.32. The van der Waals surface area contributed by atoms with Crippen molar-refractivity contribution in [3.05, 3.63) is 57.0 Å². The molecule has 0 saturated carbocycles. The molecule has 0 radical (unpaired) electrons. The molecule has 0 spiro atoms. The van der Waals surface area contributed by atoms with Crippen LogP contribution < -0.4 is 15.6 Å². The fourth-order valence-corrected chi connectivity index (χ4v) is 4.15. The summed E-state index contributed by atoms with van der Waals surface area (Å²) in [6.07, 6.45) is -1.04. The number of nitrogens with zero attached hydrogens (tertiary/aromatic N) is 1. The minimum absolute atomic E-state index is 0.0393. The average Bonchev–Trinajstić information content (AvgIpc) is 2.91. The lowest BCUT2D eigenvalue weighted by Gasteiger charge is -2.36. The van der Waals surface area contributed by atoms with Crippen LogP contribution in [0.5, 0.6) is 5.75 Å². The van der Waals surface area contributed by atoms with E-state index in [0.29, 0.717) is 6.42 Å². The summed E-state index contributed by atoms with van der Waals surface area (Å²) in [7, 11) is 0. The number of hydrogen-bond donors (Lipinski definition) is 2. The van der Waals surface area contributed by atoms with Crippen molar-refractivity contribution in [1.82, 2.24) is 9.88 Å². The highest BCUT2D eigenvalue weighted by atomic mass is 35.5. The van der Waals surface area contributed by atoms with Gasteiger partial charge in [-0.15, -0.1) is 13.2 Å². The van der Waals surface area contributed by atoms with Crippen LogP contribution in [-0.2, 0) is 6.42 Å². The second kappa shape index (κ2) is 6.73. The van der Waals surface area contributed by atoms with E-state index >= 15 is 0 Å². The number of rotatable bonds is 2. The smallest absolute Gasteiger partial charge is 0.404 e. The zero-order valence-electron chi connectivity index (χ0n) is 14.3. The lowest BCUT2D eigenvalue weighted by Crippen LogP contribution is -2.44. The van der Waals surface area contributed by atoms with Crippen LogP contribution in [0.15, 0.2) is 35.3 Å². The number of hydrogen-bond acceptors (Lipinski definition) is 3. The molecular formula is C18H15ClF3N3O3. The Balaban J connectivity index is 1.52. The van der Waals surface area contributed by atoms with E-state index in [9.17, 15) is 22.8 Å². The number of aromatic nitrogens is 1. The minimum atomic E-state index is -4.85. The summed E-state index contributed by atoms with van der Waals surface area (Å²) in [6, 6.07) is 4.55. The Kier molecular flexibility index (Phi) is 4.49. The topological polar surface area (TPSA) is 74.4 Å². The Hall–Kier alpha value is -2.68. The molecule has 1 fully saturated rings. The summed E-state index contributed by atoms with van der Waals surface area (Å²) >= 11 is 5.83. The monoisotopic (exact) mass is 413 g/mol. The number of fused-ring (bicyclic) bond motifs is 4. The van der Waals surface area contributed by atoms with E-state index in [1.165, 1.54) is 12.1 Å². The summed E-state index contributed by atoms with van der Waals surface area (Å²) in [5.41, 5.74) is 1.94. The summed E-state index contributed by atoms with van der Waals surface area (Å²) in [5.74, 6) is -0.539. The highest BCUT2D eigenvalue weighted by Gasteiger charge is 2.42. The molecule has 2 aliphatic heterocycles. The number of benzene rings is 1. The first-order valence-corrected chi connectivity index (χ1v) is 8.95. The molecule has 2 atom stereocenters. The van der Waals surface area contributed by atoms with Crippen LogP contribution >= 0.6 is 11.6 Å². The van der Waals surface area contributed by atoms with Crippen molar-refractivity contribution in [2.24, 2.45) is 0 Å². The van der Waals surface area contributed by atoms with Crippen molar-refractivity contribution in [1.29, 1.82) is 0 Å². The maximum Gasteiger partial charge on any atom is 0.573 e. The van der Waals surface area contributed by atoms with Gasteiger partial charge < -0.3 is 19.9 Å². The Bertz CT molecular complexity index is 992. The van der Waals surface area contributed by atoms with Crippen molar-refractivity contribution in [2.75, 3.05) is 5.32 Å². The van der Waals surface area contributed by atoms with Crippen LogP contribution in [-0.4, -0.2) is 28.3 Å². The molecule has 2 aromatic rings. The molecular weight excluding hydrogens is 399 g/mol. The van der Waals surface area contributed by atoms with E-state index in [-0.39, 0.29) is 34.4 Å². The van der Waals surface area contributed by atoms with E-state index < -0.39 is 12.1 Å². The highest BCUT2D eigenvalue weighted by Crippen LogP contribution is 2.43. The number of pyridine rings is 1. The maximum atomic E-state index is 12.8. The molecule has 1 aromatic heterocycles. The molecule has 10 heteroatoms. The van der Waals surface area contributed by atoms with Gasteiger partial charge in [-0.25, -0.2) is 4.79 Å². The lowest BCUT2D eigenvalue weighted by atomic mass is 9.95. The van der Waals surface area contributed by atoms with E-state index in [0.717, 1.165) is 30.0 Å². The number of anilines is 1. The van der Waals surface area contributed by atoms with Gasteiger partial charge in [-0.05, 0) is 48.6 Å². The Morgan fingerprint density at radius 3 is 2.79 bits per heavy atom. The van der Waals surface area contributed by atoms with E-state index in [1.807, 2.05) is 0 Å². The summed E-state index contributed by atoms with van der Waals surface area (Å²) in [5, 5.41) is 2.42. The third-order valence-corrected chi connectivity index (χ3v) is 5.30. The van der Waals surface area contributed by atoms with Crippen LogP contribution in [0.3, 0.4) is 0 Å². The van der Waals surface area contributed by atoms with Crippen LogP contribution in [0, 0.1) is 0 Å². The summed E-state index contributed by atoms with van der Waals surface area (Å²) in [4.78, 5) is 28.7. The molecule has 1 aromatic carbocycles. The number of halogens is 4. The maximum absolute atomic E-state index is 12.8. The normalized spacial score (nSPS) is 20.6. The second-order valence-corrected chi connectivity index (χ2v) is 7.17. The summed E-state index contributed by atoms with van der Waals surface area (Å²) in [6.45, 7) is 0. The molecule has 2 amide bonds. The van der Waals surface area contributed by atoms with Crippen molar-refractivity contribution >= 4 is 23.3 Å². The fraction of sp³-hybridized carbons (Fsp3) is 0.333. The standard InChI is InChI=1S/C18H15ClF3N3O3/c19-13-7-10(1-4-15(13)28-18(20,21)22)24-17(27)25-11-2-3-14(25)12-8-23-16(26)6-9(12)5-11/h1,4,6-8,11,14H,2-3,5H2,(H,23,26)(H,24,27). The van der Waals surface area contributed by atoms with Crippen molar-refractivity contribution in [3.63, 3.8) is 0 Å². The van der Waals surface area contributed by atoms with Gasteiger partial charge in [-0.1, -0.05) is 11.6 Å². The van der Waals surface area contributed by atoms with Gasteiger partial charge >= 0.3 is 12.4 Å². The molecule has 1 saturated heterocycles. The van der Waals surface area contributed by atoms with Crippen molar-refractivity contribution < 1.29 is 22.7 Å². The third-order valence-electron chi connectivity index (χ3n) is 5.01. The molecule has 3 heterocycles. The van der Waals surface area contributed by atoms with Crippen LogP contribution in [0.4, 0.5) is 23.7 Å². The Labute approximate surface area is 162 Å². The Morgan fingerprint density at radius 1 is 1.29 bits per heavy atom.